The van der Waals surface area contributed by atoms with Crippen molar-refractivity contribution in [3.8, 4) is 0 Å². The molecule has 0 spiro atoms. The minimum Gasteiger partial charge on any atom is -0.368 e. The Morgan fingerprint density at radius 1 is 1.36 bits per heavy atom. The first-order valence-corrected chi connectivity index (χ1v) is 4.09. The third kappa shape index (κ3) is 5.85. The van der Waals surface area contributed by atoms with Gasteiger partial charge in [-0.2, -0.15) is 0 Å². The van der Waals surface area contributed by atoms with Gasteiger partial charge in [-0.05, 0) is 25.9 Å². The highest BCUT2D eigenvalue weighted by molar-refractivity contribution is 5.82. The highest BCUT2D eigenvalue weighted by atomic mass is 16.1. The molecule has 0 aliphatic carbocycles. The number of nitrogens with zero attached hydrogens (tertiary/aromatic N) is 1. The number of nitrogens with two attached hydrogens (primary N) is 1. The van der Waals surface area contributed by atoms with Crippen molar-refractivity contribution in [2.75, 3.05) is 13.1 Å². The summed E-state index contributed by atoms with van der Waals surface area (Å²) in [6.45, 7) is 7.47. The second-order valence-electron chi connectivity index (χ2n) is 2.57. The molecule has 3 nitrogen and oxygen atoms in total. The molecule has 0 aromatic carbocycles. The second kappa shape index (κ2) is 6.16. The lowest BCUT2D eigenvalue weighted by Gasteiger charge is -2.17. The van der Waals surface area contributed by atoms with Crippen molar-refractivity contribution in [3.05, 3.63) is 6.54 Å². The average Bonchev–Trinajstić information content (AvgIpc) is 1.87. The summed E-state index contributed by atoms with van der Waals surface area (Å²) < 4.78 is 0. The summed E-state index contributed by atoms with van der Waals surface area (Å²) in [5, 5.41) is 0. The largest absolute Gasteiger partial charge is 0.368 e. The highest BCUT2D eigenvalue weighted by Gasteiger charge is 2.05. The monoisotopic (exact) mass is 157 g/mol. The van der Waals surface area contributed by atoms with Crippen molar-refractivity contribution in [1.82, 2.24) is 4.90 Å². The summed E-state index contributed by atoms with van der Waals surface area (Å²) in [5.74, 6) is -0.355. The van der Waals surface area contributed by atoms with Crippen LogP contribution < -0.4 is 5.73 Å². The van der Waals surface area contributed by atoms with E-state index in [0.29, 0.717) is 0 Å². The van der Waals surface area contributed by atoms with Crippen LogP contribution in [0.15, 0.2) is 0 Å². The molecule has 0 aromatic heterocycles. The molecule has 0 saturated carbocycles. The molecule has 2 N–H and O–H groups in total. The van der Waals surface area contributed by atoms with Crippen LogP contribution in [-0.4, -0.2) is 23.9 Å². The first-order chi connectivity index (χ1) is 5.20. The Bertz CT molecular complexity index is 109. The number of hydrogen-bond donors (Lipinski definition) is 1. The van der Waals surface area contributed by atoms with Crippen molar-refractivity contribution in [1.29, 1.82) is 0 Å². The van der Waals surface area contributed by atoms with E-state index in [9.17, 15) is 4.79 Å². The molecule has 0 aliphatic heterocycles. The van der Waals surface area contributed by atoms with E-state index in [2.05, 4.69) is 13.8 Å². The standard InChI is InChI=1S/C8H17N2O/c1-3-5-10(6-4-2)7-8(9)11/h7H,3-6H2,1-2H3,(H2,9,11). The van der Waals surface area contributed by atoms with Crippen LogP contribution in [0.5, 0.6) is 0 Å². The van der Waals surface area contributed by atoms with E-state index < -0.39 is 0 Å². The van der Waals surface area contributed by atoms with Gasteiger partial charge in [0.05, 0.1) is 0 Å². The van der Waals surface area contributed by atoms with Gasteiger partial charge in [0.1, 0.15) is 6.54 Å². The molecule has 0 aromatic rings. The lowest BCUT2D eigenvalue weighted by Crippen LogP contribution is -2.29. The predicted octanol–water partition coefficient (Wildman–Crippen LogP) is 0.755. The van der Waals surface area contributed by atoms with Gasteiger partial charge >= 0.3 is 0 Å². The van der Waals surface area contributed by atoms with Gasteiger partial charge in [-0.1, -0.05) is 13.8 Å². The molecule has 0 atom stereocenters. The number of carbonyl (C=O) groups is 1. The van der Waals surface area contributed by atoms with Crippen LogP contribution >= 0.6 is 0 Å². The maximum absolute atomic E-state index is 10.5. The van der Waals surface area contributed by atoms with Crippen LogP contribution in [-0.2, 0) is 4.79 Å². The first kappa shape index (κ1) is 10.4. The molecule has 0 heterocycles. The number of primary amides is 1. The Kier molecular flexibility index (Phi) is 5.84. The fourth-order valence-corrected chi connectivity index (χ4v) is 0.995. The molecule has 0 rings (SSSR count). The van der Waals surface area contributed by atoms with Crippen LogP contribution in [0.3, 0.4) is 0 Å². The van der Waals surface area contributed by atoms with Crippen molar-refractivity contribution < 1.29 is 4.79 Å². The SMILES string of the molecule is CCCN([CH]C(N)=O)CCC. The van der Waals surface area contributed by atoms with Crippen molar-refractivity contribution in [3.63, 3.8) is 0 Å². The highest BCUT2D eigenvalue weighted by Crippen LogP contribution is 1.96. The Balaban J connectivity index is 3.59. The van der Waals surface area contributed by atoms with Crippen molar-refractivity contribution in [2.24, 2.45) is 5.73 Å². The number of hydrogen-bond acceptors (Lipinski definition) is 2. The van der Waals surface area contributed by atoms with Crippen LogP contribution in [0.1, 0.15) is 26.7 Å². The Morgan fingerprint density at radius 2 is 1.82 bits per heavy atom. The van der Waals surface area contributed by atoms with Gasteiger partial charge in [0.15, 0.2) is 0 Å². The Morgan fingerprint density at radius 3 is 2.09 bits per heavy atom. The van der Waals surface area contributed by atoms with Gasteiger partial charge in [0.2, 0.25) is 5.91 Å². The van der Waals surface area contributed by atoms with Crippen LogP contribution in [0.4, 0.5) is 0 Å². The minimum atomic E-state index is -0.355. The fourth-order valence-electron chi connectivity index (χ4n) is 0.995. The lowest BCUT2D eigenvalue weighted by molar-refractivity contribution is -0.116. The van der Waals surface area contributed by atoms with Crippen molar-refractivity contribution >= 4 is 5.91 Å². The van der Waals surface area contributed by atoms with Crippen LogP contribution in [0.2, 0.25) is 0 Å². The molecule has 65 valence electrons. The van der Waals surface area contributed by atoms with E-state index in [1.165, 1.54) is 6.54 Å². The van der Waals surface area contributed by atoms with E-state index in [1.807, 2.05) is 4.90 Å². The van der Waals surface area contributed by atoms with Crippen LogP contribution in [0, 0.1) is 6.54 Å². The molecule has 0 bridgehead atoms. The summed E-state index contributed by atoms with van der Waals surface area (Å²) in [6.07, 6.45) is 2.09. The normalized spacial score (nSPS) is 10.5. The third-order valence-corrected chi connectivity index (χ3v) is 1.33. The van der Waals surface area contributed by atoms with Gasteiger partial charge in [-0.25, -0.2) is 0 Å². The van der Waals surface area contributed by atoms with E-state index >= 15 is 0 Å². The van der Waals surface area contributed by atoms with E-state index in [-0.39, 0.29) is 5.91 Å². The minimum absolute atomic E-state index is 0.355. The lowest BCUT2D eigenvalue weighted by atomic mass is 10.3. The number of carbonyl (C=O) groups excluding carboxylic acids is 1. The quantitative estimate of drug-likeness (QED) is 0.618. The van der Waals surface area contributed by atoms with Gasteiger partial charge in [0, 0.05) is 0 Å². The first-order valence-electron chi connectivity index (χ1n) is 4.09. The molecule has 0 aliphatic rings. The van der Waals surface area contributed by atoms with E-state index in [4.69, 9.17) is 5.73 Å². The zero-order valence-electron chi connectivity index (χ0n) is 7.34. The summed E-state index contributed by atoms with van der Waals surface area (Å²) in [6, 6.07) is 0. The van der Waals surface area contributed by atoms with Gasteiger partial charge in [-0.15, -0.1) is 0 Å². The molecule has 1 radical (unpaired) electrons. The zero-order valence-corrected chi connectivity index (χ0v) is 7.34. The Hall–Kier alpha value is -0.570. The zero-order chi connectivity index (χ0) is 8.69. The molecule has 0 unspecified atom stereocenters. The fraction of sp³-hybridized carbons (Fsp3) is 0.750. The topological polar surface area (TPSA) is 46.3 Å². The summed E-state index contributed by atoms with van der Waals surface area (Å²) in [7, 11) is 0. The molecule has 0 fully saturated rings. The average molecular weight is 157 g/mol. The number of amides is 1. The summed E-state index contributed by atoms with van der Waals surface area (Å²) in [4.78, 5) is 12.4. The van der Waals surface area contributed by atoms with E-state index in [1.54, 1.807) is 0 Å². The predicted molar refractivity (Wildman–Crippen MR) is 45.6 cm³/mol. The summed E-state index contributed by atoms with van der Waals surface area (Å²) >= 11 is 0. The van der Waals surface area contributed by atoms with Gasteiger partial charge < -0.3 is 5.73 Å². The van der Waals surface area contributed by atoms with E-state index in [0.717, 1.165) is 25.9 Å². The maximum Gasteiger partial charge on any atom is 0.236 e. The molecule has 11 heavy (non-hydrogen) atoms. The van der Waals surface area contributed by atoms with Gasteiger partial charge in [-0.3, -0.25) is 9.69 Å². The van der Waals surface area contributed by atoms with Gasteiger partial charge in [0.25, 0.3) is 0 Å². The Labute approximate surface area is 68.6 Å². The molecule has 1 amide bonds. The molecular weight excluding hydrogens is 140 g/mol. The molecule has 3 heteroatoms. The maximum atomic E-state index is 10.5. The smallest absolute Gasteiger partial charge is 0.236 e. The van der Waals surface area contributed by atoms with Crippen LogP contribution in [0.25, 0.3) is 0 Å². The van der Waals surface area contributed by atoms with Crippen molar-refractivity contribution in [2.45, 2.75) is 26.7 Å². The molecular formula is C8H17N2O. The second-order valence-corrected chi connectivity index (χ2v) is 2.57. The number of rotatable bonds is 6. The summed E-state index contributed by atoms with van der Waals surface area (Å²) in [5.41, 5.74) is 5.02. The molecule has 0 saturated heterocycles. The third-order valence-electron chi connectivity index (χ3n) is 1.33.